The van der Waals surface area contributed by atoms with Gasteiger partial charge in [0.1, 0.15) is 5.65 Å². The van der Waals surface area contributed by atoms with E-state index in [-0.39, 0.29) is 10.8 Å². The van der Waals surface area contributed by atoms with Gasteiger partial charge in [0.05, 0.1) is 0 Å². The molecule has 0 spiro atoms. The van der Waals surface area contributed by atoms with Crippen molar-refractivity contribution in [3.05, 3.63) is 24.4 Å². The van der Waals surface area contributed by atoms with Gasteiger partial charge in [0.25, 0.3) is 10.0 Å². The van der Waals surface area contributed by atoms with Crippen LogP contribution in [0.3, 0.4) is 0 Å². The molecule has 0 aliphatic carbocycles. The highest BCUT2D eigenvalue weighted by Crippen LogP contribution is 2.21. The van der Waals surface area contributed by atoms with Gasteiger partial charge in [-0.15, -0.1) is 0 Å². The number of fused-ring (bicyclic) bond motifs is 1. The van der Waals surface area contributed by atoms with Crippen LogP contribution in [0.25, 0.3) is 5.65 Å². The molecule has 2 rings (SSSR count). The second-order valence-electron chi connectivity index (χ2n) is 3.74. The number of imidazole rings is 1. The summed E-state index contributed by atoms with van der Waals surface area (Å²) in [7, 11) is -3.64. The second-order valence-corrected chi connectivity index (χ2v) is 5.42. The van der Waals surface area contributed by atoms with Crippen LogP contribution in [0, 0.1) is 0 Å². The molecule has 0 aliphatic rings. The van der Waals surface area contributed by atoms with Crippen molar-refractivity contribution in [3.63, 3.8) is 0 Å². The summed E-state index contributed by atoms with van der Waals surface area (Å²) < 4.78 is 28.3. The first-order valence-electron chi connectivity index (χ1n) is 5.53. The van der Waals surface area contributed by atoms with Gasteiger partial charge in [-0.2, -0.15) is 0 Å². The summed E-state index contributed by atoms with van der Waals surface area (Å²) in [5.41, 5.74) is 2.83. The van der Waals surface area contributed by atoms with Crippen LogP contribution >= 0.6 is 0 Å². The lowest BCUT2D eigenvalue weighted by atomic mass is 10.5. The van der Waals surface area contributed by atoms with E-state index in [9.17, 15) is 8.42 Å². The Bertz CT molecular complexity index is 649. The van der Waals surface area contributed by atoms with E-state index in [1.807, 2.05) is 6.92 Å². The molecule has 0 aliphatic heterocycles. The Balaban J connectivity index is 2.61. The van der Waals surface area contributed by atoms with Gasteiger partial charge in [0, 0.05) is 12.7 Å². The van der Waals surface area contributed by atoms with Crippen molar-refractivity contribution in [2.24, 2.45) is 5.84 Å². The fraction of sp³-hybridized carbons (Fsp3) is 0.300. The molecule has 0 saturated heterocycles. The van der Waals surface area contributed by atoms with Crippen LogP contribution in [0.2, 0.25) is 0 Å². The lowest BCUT2D eigenvalue weighted by molar-refractivity contribution is 0.576. The van der Waals surface area contributed by atoms with Crippen molar-refractivity contribution in [3.8, 4) is 0 Å². The SMILES string of the molecule is CCCNS(=O)(=O)c1c(NN)nc2ccccn12. The Morgan fingerprint density at radius 1 is 1.44 bits per heavy atom. The second kappa shape index (κ2) is 4.92. The van der Waals surface area contributed by atoms with E-state index in [1.165, 1.54) is 4.40 Å². The van der Waals surface area contributed by atoms with Gasteiger partial charge in [-0.25, -0.2) is 24.0 Å². The van der Waals surface area contributed by atoms with E-state index in [0.717, 1.165) is 0 Å². The minimum Gasteiger partial charge on any atom is -0.306 e. The van der Waals surface area contributed by atoms with E-state index in [2.05, 4.69) is 15.1 Å². The lowest BCUT2D eigenvalue weighted by Gasteiger charge is -2.06. The van der Waals surface area contributed by atoms with Crippen LogP contribution in [0.15, 0.2) is 29.4 Å². The van der Waals surface area contributed by atoms with E-state index < -0.39 is 10.0 Å². The monoisotopic (exact) mass is 269 g/mol. The molecule has 2 heterocycles. The number of hydrogen-bond donors (Lipinski definition) is 3. The first-order chi connectivity index (χ1) is 8.60. The Morgan fingerprint density at radius 2 is 2.22 bits per heavy atom. The Morgan fingerprint density at radius 3 is 2.89 bits per heavy atom. The third kappa shape index (κ3) is 2.17. The molecule has 0 fully saturated rings. The van der Waals surface area contributed by atoms with Crippen LogP contribution in [0.4, 0.5) is 5.82 Å². The minimum absolute atomic E-state index is 0.0223. The van der Waals surface area contributed by atoms with E-state index in [4.69, 9.17) is 5.84 Å². The van der Waals surface area contributed by atoms with Gasteiger partial charge in [0.2, 0.25) is 0 Å². The maximum atomic E-state index is 12.2. The number of anilines is 1. The molecule has 0 atom stereocenters. The van der Waals surface area contributed by atoms with Crippen LogP contribution in [0.1, 0.15) is 13.3 Å². The quantitative estimate of drug-likeness (QED) is 0.535. The van der Waals surface area contributed by atoms with Crippen molar-refractivity contribution in [1.82, 2.24) is 14.1 Å². The predicted octanol–water partition coefficient (Wildman–Crippen LogP) is 0.308. The van der Waals surface area contributed by atoms with Crippen LogP contribution < -0.4 is 16.0 Å². The predicted molar refractivity (Wildman–Crippen MR) is 68.5 cm³/mol. The number of nitrogen functional groups attached to an aromatic ring is 1. The summed E-state index contributed by atoms with van der Waals surface area (Å²) in [4.78, 5) is 4.11. The highest BCUT2D eigenvalue weighted by atomic mass is 32.2. The molecule has 2 aromatic rings. The Kier molecular flexibility index (Phi) is 3.50. The number of nitrogens with one attached hydrogen (secondary N) is 2. The molecular weight excluding hydrogens is 254 g/mol. The summed E-state index contributed by atoms with van der Waals surface area (Å²) in [5.74, 6) is 5.45. The average molecular weight is 269 g/mol. The minimum atomic E-state index is -3.64. The molecule has 0 unspecified atom stereocenters. The third-order valence-corrected chi connectivity index (χ3v) is 3.90. The van der Waals surface area contributed by atoms with Crippen LogP contribution in [-0.2, 0) is 10.0 Å². The lowest BCUT2D eigenvalue weighted by Crippen LogP contribution is -2.27. The molecule has 7 nitrogen and oxygen atoms in total. The molecule has 0 radical (unpaired) electrons. The smallest absolute Gasteiger partial charge is 0.260 e. The summed E-state index contributed by atoms with van der Waals surface area (Å²) >= 11 is 0. The molecule has 4 N–H and O–H groups in total. The number of hydrogen-bond acceptors (Lipinski definition) is 5. The maximum Gasteiger partial charge on any atom is 0.260 e. The van der Waals surface area contributed by atoms with Gasteiger partial charge in [-0.1, -0.05) is 13.0 Å². The number of nitrogens with two attached hydrogens (primary N) is 1. The number of pyridine rings is 1. The van der Waals surface area contributed by atoms with E-state index in [1.54, 1.807) is 24.4 Å². The van der Waals surface area contributed by atoms with E-state index >= 15 is 0 Å². The van der Waals surface area contributed by atoms with Gasteiger partial charge >= 0.3 is 0 Å². The molecule has 0 amide bonds. The maximum absolute atomic E-state index is 12.2. The summed E-state index contributed by atoms with van der Waals surface area (Å²) in [6.07, 6.45) is 2.34. The highest BCUT2D eigenvalue weighted by molar-refractivity contribution is 7.89. The molecular formula is C10H15N5O2S. The van der Waals surface area contributed by atoms with Crippen molar-refractivity contribution >= 4 is 21.5 Å². The van der Waals surface area contributed by atoms with E-state index in [0.29, 0.717) is 18.6 Å². The van der Waals surface area contributed by atoms with Crippen molar-refractivity contribution in [2.45, 2.75) is 18.4 Å². The average Bonchev–Trinajstić information content (AvgIpc) is 2.75. The Hall–Kier alpha value is -1.64. The van der Waals surface area contributed by atoms with Crippen molar-refractivity contribution < 1.29 is 8.42 Å². The van der Waals surface area contributed by atoms with Crippen molar-refractivity contribution in [1.29, 1.82) is 0 Å². The molecule has 0 bridgehead atoms. The highest BCUT2D eigenvalue weighted by Gasteiger charge is 2.24. The third-order valence-electron chi connectivity index (χ3n) is 2.42. The number of hydrazine groups is 1. The van der Waals surface area contributed by atoms with Crippen LogP contribution in [0.5, 0.6) is 0 Å². The standard InChI is InChI=1S/C10H15N5O2S/c1-2-6-12-18(16,17)10-9(14-11)13-8-5-3-4-7-15(8)10/h3-5,7,12,14H,2,6,11H2,1H3. The van der Waals surface area contributed by atoms with Gasteiger partial charge in [-0.05, 0) is 18.6 Å². The molecule has 0 aromatic carbocycles. The number of aromatic nitrogens is 2. The fourth-order valence-corrected chi connectivity index (χ4v) is 3.01. The Labute approximate surface area is 105 Å². The summed E-state index contributed by atoms with van der Waals surface area (Å²) in [6.45, 7) is 2.26. The van der Waals surface area contributed by atoms with Gasteiger partial charge < -0.3 is 5.43 Å². The number of rotatable bonds is 5. The fourth-order valence-electron chi connectivity index (χ4n) is 1.63. The zero-order valence-corrected chi connectivity index (χ0v) is 10.7. The number of sulfonamides is 1. The summed E-state index contributed by atoms with van der Waals surface area (Å²) in [5, 5.41) is 0.0223. The first-order valence-corrected chi connectivity index (χ1v) is 7.02. The van der Waals surface area contributed by atoms with Crippen molar-refractivity contribution in [2.75, 3.05) is 12.0 Å². The molecule has 8 heteroatoms. The largest absolute Gasteiger partial charge is 0.306 e. The normalized spacial score (nSPS) is 11.9. The summed E-state index contributed by atoms with van der Waals surface area (Å²) in [6, 6.07) is 5.21. The van der Waals surface area contributed by atoms with Gasteiger partial charge in [0.15, 0.2) is 10.8 Å². The number of nitrogens with zero attached hydrogens (tertiary/aromatic N) is 2. The zero-order chi connectivity index (χ0) is 13.2. The van der Waals surface area contributed by atoms with Gasteiger partial charge in [-0.3, -0.25) is 4.40 Å². The molecule has 0 saturated carbocycles. The molecule has 98 valence electrons. The van der Waals surface area contributed by atoms with Crippen LogP contribution in [-0.4, -0.2) is 24.3 Å². The zero-order valence-electron chi connectivity index (χ0n) is 9.92. The molecule has 2 aromatic heterocycles. The topological polar surface area (TPSA) is 102 Å². The molecule has 18 heavy (non-hydrogen) atoms. The first kappa shape index (κ1) is 12.8.